The first-order valence-corrected chi connectivity index (χ1v) is 10.0. The van der Waals surface area contributed by atoms with Gasteiger partial charge in [0, 0.05) is 15.3 Å². The van der Waals surface area contributed by atoms with E-state index in [1.807, 2.05) is 20.8 Å². The zero-order chi connectivity index (χ0) is 21.7. The van der Waals surface area contributed by atoms with Crippen LogP contribution >= 0.6 is 11.3 Å². The molecule has 2 amide bonds. The molecule has 0 fully saturated rings. The molecule has 1 aromatic carbocycles. The summed E-state index contributed by atoms with van der Waals surface area (Å²) >= 11 is 1.70. The zero-order valence-corrected chi connectivity index (χ0v) is 18.7. The minimum absolute atomic E-state index is 0.145. The van der Waals surface area contributed by atoms with Crippen LogP contribution in [0.1, 0.15) is 45.6 Å². The molecule has 0 saturated heterocycles. The van der Waals surface area contributed by atoms with Gasteiger partial charge in [0.05, 0.1) is 27.4 Å². The lowest BCUT2D eigenvalue weighted by atomic mass is 10.1. The molecule has 0 saturated carbocycles. The number of rotatable bonds is 8. The van der Waals surface area contributed by atoms with E-state index in [9.17, 15) is 9.59 Å². The SMILES string of the molecule is COc1cc(C(=O)N[C@@H](C)C(=O)N[C@H](C)c2cc(C)sc2C)cc(OC)c1OC. The van der Waals surface area contributed by atoms with Gasteiger partial charge in [-0.1, -0.05) is 0 Å². The molecule has 0 aliphatic carbocycles. The number of carbonyl (C=O) groups is 2. The highest BCUT2D eigenvalue weighted by Gasteiger charge is 2.22. The fraction of sp³-hybridized carbons (Fsp3) is 0.429. The summed E-state index contributed by atoms with van der Waals surface area (Å²) in [5, 5.41) is 5.67. The number of amides is 2. The fourth-order valence-electron chi connectivity index (χ4n) is 3.05. The lowest BCUT2D eigenvalue weighted by molar-refractivity contribution is -0.123. The van der Waals surface area contributed by atoms with Crippen molar-refractivity contribution in [1.29, 1.82) is 0 Å². The van der Waals surface area contributed by atoms with E-state index in [-0.39, 0.29) is 11.9 Å². The van der Waals surface area contributed by atoms with E-state index in [0.717, 1.165) is 5.56 Å². The van der Waals surface area contributed by atoms with Crippen LogP contribution in [0.5, 0.6) is 17.2 Å². The van der Waals surface area contributed by atoms with Gasteiger partial charge in [-0.3, -0.25) is 9.59 Å². The van der Waals surface area contributed by atoms with E-state index in [0.29, 0.717) is 22.8 Å². The van der Waals surface area contributed by atoms with Gasteiger partial charge in [0.2, 0.25) is 11.7 Å². The summed E-state index contributed by atoms with van der Waals surface area (Å²) in [6.07, 6.45) is 0. The molecule has 8 heteroatoms. The summed E-state index contributed by atoms with van der Waals surface area (Å²) in [6.45, 7) is 7.64. The highest BCUT2D eigenvalue weighted by molar-refractivity contribution is 7.12. The van der Waals surface area contributed by atoms with Crippen LogP contribution in [0.15, 0.2) is 18.2 Å². The third-order valence-electron chi connectivity index (χ3n) is 4.57. The molecule has 0 spiro atoms. The van der Waals surface area contributed by atoms with Crippen molar-refractivity contribution in [3.05, 3.63) is 39.1 Å². The number of hydrogen-bond acceptors (Lipinski definition) is 6. The Hall–Kier alpha value is -2.74. The largest absolute Gasteiger partial charge is 0.493 e. The maximum atomic E-state index is 12.7. The first-order chi connectivity index (χ1) is 13.7. The lowest BCUT2D eigenvalue weighted by Crippen LogP contribution is -2.45. The molecule has 2 atom stereocenters. The van der Waals surface area contributed by atoms with Gasteiger partial charge >= 0.3 is 0 Å². The molecule has 2 aromatic rings. The molecule has 2 rings (SSSR count). The first kappa shape index (κ1) is 22.5. The van der Waals surface area contributed by atoms with Crippen molar-refractivity contribution in [2.75, 3.05) is 21.3 Å². The van der Waals surface area contributed by atoms with Crippen molar-refractivity contribution in [2.24, 2.45) is 0 Å². The second-order valence-corrected chi connectivity index (χ2v) is 8.17. The van der Waals surface area contributed by atoms with Crippen molar-refractivity contribution in [3.8, 4) is 17.2 Å². The predicted molar refractivity (Wildman–Crippen MR) is 113 cm³/mol. The molecule has 1 aromatic heterocycles. The van der Waals surface area contributed by atoms with Crippen molar-refractivity contribution < 1.29 is 23.8 Å². The van der Waals surface area contributed by atoms with Crippen molar-refractivity contribution in [1.82, 2.24) is 10.6 Å². The van der Waals surface area contributed by atoms with Crippen molar-refractivity contribution in [3.63, 3.8) is 0 Å². The maximum Gasteiger partial charge on any atom is 0.252 e. The normalized spacial score (nSPS) is 12.7. The molecule has 0 radical (unpaired) electrons. The number of nitrogens with one attached hydrogen (secondary N) is 2. The first-order valence-electron chi connectivity index (χ1n) is 9.20. The summed E-state index contributed by atoms with van der Waals surface area (Å²) in [7, 11) is 4.44. The Morgan fingerprint density at radius 1 is 0.931 bits per heavy atom. The van der Waals surface area contributed by atoms with Gasteiger partial charge in [0.1, 0.15) is 6.04 Å². The Morgan fingerprint density at radius 2 is 1.52 bits per heavy atom. The molecule has 0 aliphatic heterocycles. The molecular weight excluding hydrogens is 392 g/mol. The molecule has 0 bridgehead atoms. The Kier molecular flexibility index (Phi) is 7.50. The van der Waals surface area contributed by atoms with E-state index < -0.39 is 11.9 Å². The van der Waals surface area contributed by atoms with Crippen LogP contribution in [-0.4, -0.2) is 39.2 Å². The van der Waals surface area contributed by atoms with Gasteiger partial charge in [-0.15, -0.1) is 11.3 Å². The van der Waals surface area contributed by atoms with Crippen LogP contribution in [0.3, 0.4) is 0 Å². The second kappa shape index (κ2) is 9.65. The van der Waals surface area contributed by atoms with E-state index in [1.54, 1.807) is 30.4 Å². The van der Waals surface area contributed by atoms with E-state index in [2.05, 4.69) is 16.7 Å². The van der Waals surface area contributed by atoms with E-state index in [4.69, 9.17) is 14.2 Å². The maximum absolute atomic E-state index is 12.7. The lowest BCUT2D eigenvalue weighted by Gasteiger charge is -2.19. The summed E-state index contributed by atoms with van der Waals surface area (Å²) in [5.41, 5.74) is 1.39. The van der Waals surface area contributed by atoms with Gasteiger partial charge in [-0.2, -0.15) is 0 Å². The molecule has 158 valence electrons. The fourth-order valence-corrected chi connectivity index (χ4v) is 4.08. The quantitative estimate of drug-likeness (QED) is 0.684. The molecule has 1 heterocycles. The van der Waals surface area contributed by atoms with Gasteiger partial charge in [-0.25, -0.2) is 0 Å². The second-order valence-electron chi connectivity index (χ2n) is 6.71. The average molecular weight is 421 g/mol. The highest BCUT2D eigenvalue weighted by atomic mass is 32.1. The molecular formula is C21H28N2O5S. The van der Waals surface area contributed by atoms with Crippen LogP contribution in [0.25, 0.3) is 0 Å². The van der Waals surface area contributed by atoms with Crippen molar-refractivity contribution >= 4 is 23.2 Å². The molecule has 0 aliphatic rings. The van der Waals surface area contributed by atoms with Gasteiger partial charge < -0.3 is 24.8 Å². The number of ether oxygens (including phenoxy) is 3. The minimum Gasteiger partial charge on any atom is -0.493 e. The van der Waals surface area contributed by atoms with Crippen LogP contribution in [0, 0.1) is 13.8 Å². The minimum atomic E-state index is -0.718. The van der Waals surface area contributed by atoms with Crippen LogP contribution < -0.4 is 24.8 Å². The standard InChI is InChI=1S/C21H28N2O5S/c1-11-8-16(14(4)29-11)12(2)22-20(24)13(3)23-21(25)15-9-17(26-5)19(28-7)18(10-15)27-6/h8-10,12-13H,1-7H3,(H,22,24)(H,23,25)/t12-,13+/m1/s1. The molecule has 29 heavy (non-hydrogen) atoms. The Balaban J connectivity index is 2.09. The monoisotopic (exact) mass is 420 g/mol. The van der Waals surface area contributed by atoms with Gasteiger partial charge in [0.15, 0.2) is 11.5 Å². The topological polar surface area (TPSA) is 85.9 Å². The summed E-state index contributed by atoms with van der Waals surface area (Å²) < 4.78 is 15.8. The van der Waals surface area contributed by atoms with Gasteiger partial charge in [0.25, 0.3) is 5.91 Å². The van der Waals surface area contributed by atoms with E-state index >= 15 is 0 Å². The number of hydrogen-bond donors (Lipinski definition) is 2. The predicted octanol–water partition coefficient (Wildman–Crippen LogP) is 3.39. The summed E-state index contributed by atoms with van der Waals surface area (Å²) in [4.78, 5) is 27.6. The van der Waals surface area contributed by atoms with Gasteiger partial charge in [-0.05, 0) is 51.5 Å². The van der Waals surface area contributed by atoms with E-state index in [1.165, 1.54) is 31.1 Å². The Morgan fingerprint density at radius 3 is 1.97 bits per heavy atom. The molecule has 7 nitrogen and oxygen atoms in total. The molecule has 2 N–H and O–H groups in total. The van der Waals surface area contributed by atoms with Crippen LogP contribution in [0.4, 0.5) is 0 Å². The third kappa shape index (κ3) is 5.20. The number of thiophene rings is 1. The number of methoxy groups -OCH3 is 3. The Labute approximate surface area is 175 Å². The third-order valence-corrected chi connectivity index (χ3v) is 5.55. The number of aryl methyl sites for hydroxylation is 2. The van der Waals surface area contributed by atoms with Crippen LogP contribution in [0.2, 0.25) is 0 Å². The summed E-state index contributed by atoms with van der Waals surface area (Å²) in [6, 6.07) is 4.30. The van der Waals surface area contributed by atoms with Crippen molar-refractivity contribution in [2.45, 2.75) is 39.8 Å². The number of carbonyl (C=O) groups excluding carboxylic acids is 2. The number of benzene rings is 1. The summed E-state index contributed by atoms with van der Waals surface area (Å²) in [5.74, 6) is 0.452. The zero-order valence-electron chi connectivity index (χ0n) is 17.8. The highest BCUT2D eigenvalue weighted by Crippen LogP contribution is 2.38. The Bertz CT molecular complexity index is 868. The van der Waals surface area contributed by atoms with Crippen LogP contribution in [-0.2, 0) is 4.79 Å². The smallest absolute Gasteiger partial charge is 0.252 e. The molecule has 0 unspecified atom stereocenters. The average Bonchev–Trinajstić information content (AvgIpc) is 3.04.